The van der Waals surface area contributed by atoms with Gasteiger partial charge in [0.15, 0.2) is 11.6 Å². The highest BCUT2D eigenvalue weighted by molar-refractivity contribution is 5.67. The molecule has 2 rings (SSSR count). The van der Waals surface area contributed by atoms with Crippen molar-refractivity contribution in [3.8, 4) is 0 Å². The van der Waals surface area contributed by atoms with Crippen LogP contribution in [0.2, 0.25) is 0 Å². The Labute approximate surface area is 81.8 Å². The van der Waals surface area contributed by atoms with E-state index in [1.54, 1.807) is 6.07 Å². The average Bonchev–Trinajstić information content (AvgIpc) is 2.63. The van der Waals surface area contributed by atoms with E-state index in [9.17, 15) is 0 Å². The van der Waals surface area contributed by atoms with Gasteiger partial charge in [-0.1, -0.05) is 41.6 Å². The molecule has 0 saturated heterocycles. The van der Waals surface area contributed by atoms with Crippen molar-refractivity contribution >= 4 is 18.0 Å². The van der Waals surface area contributed by atoms with Crippen molar-refractivity contribution in [3.05, 3.63) is 47.7 Å². The maximum absolute atomic E-state index is 5.41. The Bertz CT molecular complexity index is 432. The fraction of sp³-hybridized carbons (Fsp3) is 0. The lowest BCUT2D eigenvalue weighted by Gasteiger charge is -1.88. The van der Waals surface area contributed by atoms with E-state index in [0.717, 1.165) is 5.56 Å². The maximum Gasteiger partial charge on any atom is 0.167 e. The van der Waals surface area contributed by atoms with Crippen molar-refractivity contribution in [3.63, 3.8) is 0 Å². The van der Waals surface area contributed by atoms with Crippen LogP contribution < -0.4 is 5.73 Å². The third-order valence-corrected chi connectivity index (χ3v) is 1.79. The van der Waals surface area contributed by atoms with Gasteiger partial charge in [-0.05, 0) is 11.6 Å². The molecule has 0 aliphatic heterocycles. The molecule has 1 heterocycles. The molecular weight excluding hydrogens is 176 g/mol. The lowest BCUT2D eigenvalue weighted by atomic mass is 10.2. The largest absolute Gasteiger partial charge is 0.381 e. The zero-order valence-corrected chi connectivity index (χ0v) is 7.55. The summed E-state index contributed by atoms with van der Waals surface area (Å²) in [5.74, 6) is 1.06. The summed E-state index contributed by atoms with van der Waals surface area (Å²) in [6.07, 6.45) is 3.78. The van der Waals surface area contributed by atoms with Crippen molar-refractivity contribution in [2.45, 2.75) is 0 Å². The van der Waals surface area contributed by atoms with E-state index in [-0.39, 0.29) is 0 Å². The second-order valence-corrected chi connectivity index (χ2v) is 2.90. The van der Waals surface area contributed by atoms with Gasteiger partial charge in [0.05, 0.1) is 0 Å². The van der Waals surface area contributed by atoms with Gasteiger partial charge in [0, 0.05) is 6.07 Å². The number of nitrogen functional groups attached to an aromatic ring is 1. The van der Waals surface area contributed by atoms with Crippen LogP contribution in [-0.4, -0.2) is 5.16 Å². The molecule has 0 amide bonds. The van der Waals surface area contributed by atoms with E-state index in [0.29, 0.717) is 11.6 Å². The number of anilines is 1. The number of aromatic nitrogens is 1. The summed E-state index contributed by atoms with van der Waals surface area (Å²) >= 11 is 0. The molecule has 0 saturated carbocycles. The molecule has 0 radical (unpaired) electrons. The number of nitrogens with two attached hydrogens (primary N) is 1. The molecule has 2 N–H and O–H groups in total. The highest BCUT2D eigenvalue weighted by Crippen LogP contribution is 2.09. The van der Waals surface area contributed by atoms with Crippen LogP contribution in [0.5, 0.6) is 0 Å². The molecule has 0 unspecified atom stereocenters. The lowest BCUT2D eigenvalue weighted by Crippen LogP contribution is -1.79. The fourth-order valence-corrected chi connectivity index (χ4v) is 1.12. The van der Waals surface area contributed by atoms with E-state index in [4.69, 9.17) is 10.3 Å². The SMILES string of the molecule is Nc1cc(/C=C/c2ccccc2)on1. The molecule has 0 fully saturated rings. The molecule has 3 nitrogen and oxygen atoms in total. The number of rotatable bonds is 2. The highest BCUT2D eigenvalue weighted by Gasteiger charge is 1.94. The minimum absolute atomic E-state index is 0.401. The summed E-state index contributed by atoms with van der Waals surface area (Å²) in [6.45, 7) is 0. The quantitative estimate of drug-likeness (QED) is 0.783. The number of nitrogens with zero attached hydrogens (tertiary/aromatic N) is 1. The van der Waals surface area contributed by atoms with Crippen LogP contribution in [0, 0.1) is 0 Å². The van der Waals surface area contributed by atoms with Crippen LogP contribution in [-0.2, 0) is 0 Å². The zero-order chi connectivity index (χ0) is 9.80. The number of hydrogen-bond acceptors (Lipinski definition) is 3. The third-order valence-electron chi connectivity index (χ3n) is 1.79. The Morgan fingerprint density at radius 2 is 1.93 bits per heavy atom. The van der Waals surface area contributed by atoms with E-state index in [1.165, 1.54) is 0 Å². The summed E-state index contributed by atoms with van der Waals surface area (Å²) in [5.41, 5.74) is 6.52. The molecule has 2 aromatic rings. The first-order valence-corrected chi connectivity index (χ1v) is 4.30. The Morgan fingerprint density at radius 3 is 2.57 bits per heavy atom. The van der Waals surface area contributed by atoms with Crippen LogP contribution in [0.3, 0.4) is 0 Å². The smallest absolute Gasteiger partial charge is 0.167 e. The summed E-state index contributed by atoms with van der Waals surface area (Å²) in [7, 11) is 0. The highest BCUT2D eigenvalue weighted by atomic mass is 16.5. The Kier molecular flexibility index (Phi) is 2.32. The molecule has 0 aliphatic carbocycles. The van der Waals surface area contributed by atoms with E-state index >= 15 is 0 Å². The summed E-state index contributed by atoms with van der Waals surface area (Å²) in [4.78, 5) is 0. The van der Waals surface area contributed by atoms with Gasteiger partial charge < -0.3 is 10.3 Å². The molecule has 1 aromatic carbocycles. The lowest BCUT2D eigenvalue weighted by molar-refractivity contribution is 0.416. The second kappa shape index (κ2) is 3.79. The number of hydrogen-bond donors (Lipinski definition) is 1. The first-order valence-electron chi connectivity index (χ1n) is 4.30. The molecule has 0 spiro atoms. The van der Waals surface area contributed by atoms with Crippen molar-refractivity contribution in [1.82, 2.24) is 5.16 Å². The monoisotopic (exact) mass is 186 g/mol. The molecule has 1 aromatic heterocycles. The Balaban J connectivity index is 2.15. The van der Waals surface area contributed by atoms with Gasteiger partial charge in [-0.3, -0.25) is 0 Å². The summed E-state index contributed by atoms with van der Waals surface area (Å²) in [5, 5.41) is 3.58. The van der Waals surface area contributed by atoms with Crippen LogP contribution >= 0.6 is 0 Å². The minimum Gasteiger partial charge on any atom is -0.381 e. The van der Waals surface area contributed by atoms with Crippen molar-refractivity contribution in [2.24, 2.45) is 0 Å². The van der Waals surface area contributed by atoms with Gasteiger partial charge in [-0.2, -0.15) is 0 Å². The van der Waals surface area contributed by atoms with Crippen molar-refractivity contribution in [1.29, 1.82) is 0 Å². The van der Waals surface area contributed by atoms with E-state index in [1.807, 2.05) is 42.5 Å². The van der Waals surface area contributed by atoms with Crippen molar-refractivity contribution in [2.75, 3.05) is 5.73 Å². The van der Waals surface area contributed by atoms with Gasteiger partial charge in [0.1, 0.15) is 0 Å². The van der Waals surface area contributed by atoms with Gasteiger partial charge in [0.25, 0.3) is 0 Å². The predicted molar refractivity (Wildman–Crippen MR) is 56.3 cm³/mol. The third kappa shape index (κ3) is 2.01. The van der Waals surface area contributed by atoms with E-state index in [2.05, 4.69) is 5.16 Å². The molecule has 0 aliphatic rings. The second-order valence-electron chi connectivity index (χ2n) is 2.90. The molecule has 70 valence electrons. The van der Waals surface area contributed by atoms with Crippen LogP contribution in [0.4, 0.5) is 5.82 Å². The van der Waals surface area contributed by atoms with E-state index < -0.39 is 0 Å². The normalized spacial score (nSPS) is 10.9. The van der Waals surface area contributed by atoms with Crippen LogP contribution in [0.1, 0.15) is 11.3 Å². The molecule has 3 heteroatoms. The molecule has 0 bridgehead atoms. The fourth-order valence-electron chi connectivity index (χ4n) is 1.12. The predicted octanol–water partition coefficient (Wildman–Crippen LogP) is 2.43. The van der Waals surface area contributed by atoms with Crippen LogP contribution in [0.25, 0.3) is 12.2 Å². The minimum atomic E-state index is 0.401. The first-order chi connectivity index (χ1) is 6.84. The molecular formula is C11H10N2O. The maximum atomic E-state index is 5.41. The summed E-state index contributed by atoms with van der Waals surface area (Å²) < 4.78 is 4.92. The van der Waals surface area contributed by atoms with Gasteiger partial charge >= 0.3 is 0 Å². The summed E-state index contributed by atoms with van der Waals surface area (Å²) in [6, 6.07) is 11.6. The number of benzene rings is 1. The van der Waals surface area contributed by atoms with Gasteiger partial charge in [-0.25, -0.2) is 0 Å². The first kappa shape index (κ1) is 8.56. The van der Waals surface area contributed by atoms with Gasteiger partial charge in [0.2, 0.25) is 0 Å². The Morgan fingerprint density at radius 1 is 1.14 bits per heavy atom. The zero-order valence-electron chi connectivity index (χ0n) is 7.55. The molecule has 14 heavy (non-hydrogen) atoms. The van der Waals surface area contributed by atoms with Crippen molar-refractivity contribution < 1.29 is 4.52 Å². The topological polar surface area (TPSA) is 52.0 Å². The molecule has 0 atom stereocenters. The van der Waals surface area contributed by atoms with Crippen LogP contribution in [0.15, 0.2) is 40.9 Å². The van der Waals surface area contributed by atoms with Gasteiger partial charge in [-0.15, -0.1) is 0 Å². The Hall–Kier alpha value is -2.03. The average molecular weight is 186 g/mol. The standard InChI is InChI=1S/C11H10N2O/c12-11-8-10(14-13-11)7-6-9-4-2-1-3-5-9/h1-8H,(H2,12,13)/b7-6+.